The number of hydrogen-bond donors (Lipinski definition) is 2. The number of amides is 1. The molecular weight excluding hydrogens is 240 g/mol. The smallest absolute Gasteiger partial charge is 0.248 e. The third-order valence-electron chi connectivity index (χ3n) is 2.84. The van der Waals surface area contributed by atoms with Gasteiger partial charge in [-0.1, -0.05) is 40.0 Å². The van der Waals surface area contributed by atoms with Crippen LogP contribution in [-0.2, 0) is 4.79 Å². The van der Waals surface area contributed by atoms with Crippen LogP contribution < -0.4 is 11.3 Å². The lowest BCUT2D eigenvalue weighted by Crippen LogP contribution is -2.22. The third-order valence-corrected chi connectivity index (χ3v) is 2.84. The van der Waals surface area contributed by atoms with Gasteiger partial charge in [0, 0.05) is 18.8 Å². The van der Waals surface area contributed by atoms with Crippen molar-refractivity contribution in [1.82, 2.24) is 10.4 Å². The summed E-state index contributed by atoms with van der Waals surface area (Å²) in [7, 11) is 0. The first-order chi connectivity index (χ1) is 9.19. The number of hydrogen-bond acceptors (Lipinski definition) is 4. The molecule has 0 unspecified atom stereocenters. The molecule has 1 heterocycles. The van der Waals surface area contributed by atoms with Crippen LogP contribution in [0, 0.1) is 0 Å². The van der Waals surface area contributed by atoms with Gasteiger partial charge in [0.15, 0.2) is 0 Å². The molecular formula is C14H30N4O. The van der Waals surface area contributed by atoms with Gasteiger partial charge in [-0.2, -0.15) is 5.10 Å². The Morgan fingerprint density at radius 1 is 1.21 bits per heavy atom. The van der Waals surface area contributed by atoms with Gasteiger partial charge in [-0.15, -0.1) is 0 Å². The highest BCUT2D eigenvalue weighted by Crippen LogP contribution is 2.12. The fraction of sp³-hybridized carbons (Fsp3) is 0.857. The Morgan fingerprint density at radius 3 is 2.37 bits per heavy atom. The third kappa shape index (κ3) is 8.72. The molecule has 1 amide bonds. The molecule has 3 N–H and O–H groups in total. The maximum Gasteiger partial charge on any atom is 0.248 e. The number of carbonyl (C=O) groups is 1. The largest absolute Gasteiger partial charge is 0.273 e. The molecule has 0 atom stereocenters. The molecule has 0 radical (unpaired) electrons. The Morgan fingerprint density at radius 2 is 1.89 bits per heavy atom. The van der Waals surface area contributed by atoms with Crippen molar-refractivity contribution in [2.75, 3.05) is 13.1 Å². The highest BCUT2D eigenvalue weighted by Gasteiger charge is 2.21. The summed E-state index contributed by atoms with van der Waals surface area (Å²) in [6.45, 7) is 8.11. The normalized spacial score (nSPS) is 14.2. The first-order valence-electron chi connectivity index (χ1n) is 7.49. The maximum atomic E-state index is 11.4. The number of hydrazone groups is 1. The minimum atomic E-state index is 0.178. The number of nitrogens with two attached hydrogens (primary N) is 1. The highest BCUT2D eigenvalue weighted by atomic mass is 16.2. The molecule has 0 aromatic heterocycles. The van der Waals surface area contributed by atoms with E-state index in [0.717, 1.165) is 44.5 Å². The molecule has 0 aliphatic carbocycles. The molecule has 0 aromatic rings. The maximum absolute atomic E-state index is 11.4. The number of unbranched alkanes of at least 4 members (excludes halogenated alkanes) is 2. The van der Waals surface area contributed by atoms with Crippen LogP contribution >= 0.6 is 0 Å². The fourth-order valence-electron chi connectivity index (χ4n) is 1.72. The number of nitrogens with one attached hydrogen (secondary N) is 1. The van der Waals surface area contributed by atoms with Crippen molar-refractivity contribution in [2.24, 2.45) is 10.9 Å². The summed E-state index contributed by atoms with van der Waals surface area (Å²) in [6, 6.07) is 0. The first-order valence-corrected chi connectivity index (χ1v) is 7.49. The van der Waals surface area contributed by atoms with Crippen molar-refractivity contribution in [3.05, 3.63) is 0 Å². The average molecular weight is 270 g/mol. The van der Waals surface area contributed by atoms with E-state index in [1.807, 2.05) is 0 Å². The Kier molecular flexibility index (Phi) is 11.5. The molecule has 0 fully saturated rings. The highest BCUT2D eigenvalue weighted by molar-refractivity contribution is 6.04. The van der Waals surface area contributed by atoms with Crippen molar-refractivity contribution in [2.45, 2.75) is 65.7 Å². The van der Waals surface area contributed by atoms with Gasteiger partial charge in [-0.25, -0.2) is 5.01 Å². The molecule has 5 heteroatoms. The van der Waals surface area contributed by atoms with Crippen LogP contribution in [0.2, 0.25) is 0 Å². The van der Waals surface area contributed by atoms with E-state index in [9.17, 15) is 4.79 Å². The molecule has 0 aromatic carbocycles. The molecule has 112 valence electrons. The zero-order valence-corrected chi connectivity index (χ0v) is 12.7. The number of rotatable bonds is 8. The fourth-order valence-corrected chi connectivity index (χ4v) is 1.72. The number of nitrogens with zero attached hydrogens (tertiary/aromatic N) is 2. The van der Waals surface area contributed by atoms with Crippen LogP contribution in [0.5, 0.6) is 0 Å². The second kappa shape index (κ2) is 12.1. The summed E-state index contributed by atoms with van der Waals surface area (Å²) in [5.74, 6) is 5.14. The summed E-state index contributed by atoms with van der Waals surface area (Å²) in [4.78, 5) is 11.4. The van der Waals surface area contributed by atoms with E-state index in [1.165, 1.54) is 12.8 Å². The Labute approximate surface area is 117 Å². The van der Waals surface area contributed by atoms with E-state index in [2.05, 4.69) is 31.3 Å². The molecule has 0 bridgehead atoms. The van der Waals surface area contributed by atoms with Crippen LogP contribution in [-0.4, -0.2) is 29.7 Å². The molecule has 0 saturated carbocycles. The zero-order valence-electron chi connectivity index (χ0n) is 12.7. The average Bonchev–Trinajstić information content (AvgIpc) is 2.75. The molecule has 1 aliphatic rings. The molecule has 1 aliphatic heterocycles. The first kappa shape index (κ1) is 18.1. The predicted molar refractivity (Wildman–Crippen MR) is 80.7 cm³/mol. The number of hydrazine groups is 1. The minimum absolute atomic E-state index is 0.178. The van der Waals surface area contributed by atoms with E-state index < -0.39 is 0 Å². The van der Waals surface area contributed by atoms with Crippen molar-refractivity contribution < 1.29 is 4.79 Å². The van der Waals surface area contributed by atoms with E-state index in [4.69, 9.17) is 5.84 Å². The topological polar surface area (TPSA) is 70.7 Å². The summed E-state index contributed by atoms with van der Waals surface area (Å²) in [6.07, 6.45) is 7.15. The van der Waals surface area contributed by atoms with Gasteiger partial charge in [0.1, 0.15) is 0 Å². The zero-order chi connectivity index (χ0) is 14.5. The van der Waals surface area contributed by atoms with Gasteiger partial charge in [0.05, 0.1) is 6.42 Å². The summed E-state index contributed by atoms with van der Waals surface area (Å²) < 4.78 is 0. The van der Waals surface area contributed by atoms with Crippen molar-refractivity contribution in [3.63, 3.8) is 0 Å². The Bertz CT molecular complexity index is 262. The number of carbonyl (C=O) groups excluding carboxylic acids is 1. The van der Waals surface area contributed by atoms with E-state index >= 15 is 0 Å². The van der Waals surface area contributed by atoms with Crippen molar-refractivity contribution >= 4 is 11.6 Å². The molecule has 0 saturated heterocycles. The van der Waals surface area contributed by atoms with E-state index in [1.54, 1.807) is 5.01 Å². The summed E-state index contributed by atoms with van der Waals surface area (Å²) in [5, 5.41) is 5.93. The Balaban J connectivity index is 0.000000459. The minimum Gasteiger partial charge on any atom is -0.273 e. The quantitative estimate of drug-likeness (QED) is 0.404. The predicted octanol–water partition coefficient (Wildman–Crippen LogP) is 2.42. The lowest BCUT2D eigenvalue weighted by atomic mass is 10.2. The summed E-state index contributed by atoms with van der Waals surface area (Å²) in [5.41, 5.74) is 3.63. The Hall–Kier alpha value is -0.940. The van der Waals surface area contributed by atoms with E-state index in [0.29, 0.717) is 6.42 Å². The van der Waals surface area contributed by atoms with Crippen LogP contribution in [0.4, 0.5) is 0 Å². The van der Waals surface area contributed by atoms with Crippen molar-refractivity contribution in [1.29, 1.82) is 0 Å². The van der Waals surface area contributed by atoms with Gasteiger partial charge >= 0.3 is 0 Å². The standard InChI is InChI=1S/C10H18N2O.C4H12N2/c1-3-5-7-12-10(13)8-9(11-12)6-4-2;1-2-3-4-6-5/h3-8H2,1-2H3;6H,2-5H2,1H3. The SMILES string of the molecule is CCCCN1N=C(CCC)CC1=O.CCCCNN. The molecule has 5 nitrogen and oxygen atoms in total. The van der Waals surface area contributed by atoms with Gasteiger partial charge in [0.2, 0.25) is 5.91 Å². The van der Waals surface area contributed by atoms with Gasteiger partial charge in [-0.05, 0) is 19.3 Å². The van der Waals surface area contributed by atoms with Crippen LogP contribution in [0.3, 0.4) is 0 Å². The van der Waals surface area contributed by atoms with E-state index in [-0.39, 0.29) is 5.91 Å². The molecule has 19 heavy (non-hydrogen) atoms. The molecule has 1 rings (SSSR count). The van der Waals surface area contributed by atoms with Crippen LogP contribution in [0.15, 0.2) is 5.10 Å². The van der Waals surface area contributed by atoms with Gasteiger partial charge < -0.3 is 0 Å². The van der Waals surface area contributed by atoms with Crippen LogP contribution in [0.1, 0.15) is 65.7 Å². The second-order valence-corrected chi connectivity index (χ2v) is 4.77. The molecule has 0 spiro atoms. The van der Waals surface area contributed by atoms with Crippen molar-refractivity contribution in [3.8, 4) is 0 Å². The van der Waals surface area contributed by atoms with Gasteiger partial charge in [0.25, 0.3) is 0 Å². The lowest BCUT2D eigenvalue weighted by Gasteiger charge is -2.09. The monoisotopic (exact) mass is 270 g/mol. The summed E-state index contributed by atoms with van der Waals surface area (Å²) >= 11 is 0. The van der Waals surface area contributed by atoms with Gasteiger partial charge in [-0.3, -0.25) is 16.1 Å². The van der Waals surface area contributed by atoms with Crippen LogP contribution in [0.25, 0.3) is 0 Å². The second-order valence-electron chi connectivity index (χ2n) is 4.77. The lowest BCUT2D eigenvalue weighted by molar-refractivity contribution is -0.128.